The summed E-state index contributed by atoms with van der Waals surface area (Å²) in [6, 6.07) is 17.2. The van der Waals surface area contributed by atoms with E-state index in [1.807, 2.05) is 0 Å². The maximum absolute atomic E-state index is 6.30. The van der Waals surface area contributed by atoms with Gasteiger partial charge in [0.25, 0.3) is 0 Å². The van der Waals surface area contributed by atoms with E-state index in [0.29, 0.717) is 6.61 Å². The van der Waals surface area contributed by atoms with Crippen molar-refractivity contribution in [1.29, 1.82) is 0 Å². The Hall–Kier alpha value is -2.06. The van der Waals surface area contributed by atoms with Crippen LogP contribution >= 0.6 is 0 Å². The molecule has 3 aromatic carbocycles. The van der Waals surface area contributed by atoms with Crippen LogP contribution in [-0.2, 0) is 4.74 Å². The Morgan fingerprint density at radius 3 is 2.55 bits per heavy atom. The standard InChI is InChI=1S/C20H20O2/c1-14-7-8-18-16(9-14)10-15-5-3-4-6-17(15)19(18)22-13-20(2)11-21-12-20/h3-10H,11-13H2,1-2H3. The van der Waals surface area contributed by atoms with Gasteiger partial charge in [0.15, 0.2) is 0 Å². The molecule has 0 bridgehead atoms. The van der Waals surface area contributed by atoms with E-state index in [9.17, 15) is 0 Å². The third kappa shape index (κ3) is 2.24. The van der Waals surface area contributed by atoms with E-state index >= 15 is 0 Å². The second-order valence-electron chi connectivity index (χ2n) is 6.74. The van der Waals surface area contributed by atoms with Gasteiger partial charge in [-0.25, -0.2) is 0 Å². The second-order valence-corrected chi connectivity index (χ2v) is 6.74. The van der Waals surface area contributed by atoms with E-state index in [-0.39, 0.29) is 5.41 Å². The number of rotatable bonds is 3. The number of hydrogen-bond donors (Lipinski definition) is 0. The lowest BCUT2D eigenvalue weighted by Gasteiger charge is -2.37. The van der Waals surface area contributed by atoms with Crippen LogP contribution < -0.4 is 4.74 Å². The molecule has 1 fully saturated rings. The molecule has 1 aliphatic rings. The summed E-state index contributed by atoms with van der Waals surface area (Å²) in [5.41, 5.74) is 1.42. The highest BCUT2D eigenvalue weighted by Gasteiger charge is 2.34. The van der Waals surface area contributed by atoms with Crippen molar-refractivity contribution in [3.05, 3.63) is 54.1 Å². The van der Waals surface area contributed by atoms with Crippen LogP contribution in [0.1, 0.15) is 12.5 Å². The minimum atomic E-state index is 0.147. The summed E-state index contributed by atoms with van der Waals surface area (Å²) in [5.74, 6) is 1.00. The van der Waals surface area contributed by atoms with Crippen LogP contribution in [0.3, 0.4) is 0 Å². The van der Waals surface area contributed by atoms with E-state index in [0.717, 1.165) is 19.0 Å². The van der Waals surface area contributed by atoms with Crippen LogP contribution in [0.2, 0.25) is 0 Å². The molecule has 0 radical (unpaired) electrons. The lowest BCUT2D eigenvalue weighted by Crippen LogP contribution is -2.44. The third-order valence-corrected chi connectivity index (χ3v) is 4.43. The minimum Gasteiger partial charge on any atom is -0.492 e. The van der Waals surface area contributed by atoms with Crippen molar-refractivity contribution in [3.8, 4) is 5.75 Å². The molecule has 0 saturated carbocycles. The number of hydrogen-bond acceptors (Lipinski definition) is 2. The van der Waals surface area contributed by atoms with Crippen LogP contribution in [-0.4, -0.2) is 19.8 Å². The first-order chi connectivity index (χ1) is 10.6. The predicted molar refractivity (Wildman–Crippen MR) is 90.6 cm³/mol. The van der Waals surface area contributed by atoms with Gasteiger partial charge in [0.1, 0.15) is 5.75 Å². The Balaban J connectivity index is 1.87. The first kappa shape index (κ1) is 13.6. The molecule has 0 spiro atoms. The highest BCUT2D eigenvalue weighted by Crippen LogP contribution is 2.37. The van der Waals surface area contributed by atoms with Gasteiger partial charge in [0, 0.05) is 16.2 Å². The molecule has 2 nitrogen and oxygen atoms in total. The van der Waals surface area contributed by atoms with Gasteiger partial charge in [0.05, 0.1) is 19.8 Å². The van der Waals surface area contributed by atoms with Crippen LogP contribution in [0.5, 0.6) is 5.75 Å². The van der Waals surface area contributed by atoms with Crippen LogP contribution in [0, 0.1) is 12.3 Å². The van der Waals surface area contributed by atoms with Crippen molar-refractivity contribution >= 4 is 21.5 Å². The van der Waals surface area contributed by atoms with E-state index in [1.54, 1.807) is 0 Å². The topological polar surface area (TPSA) is 18.5 Å². The van der Waals surface area contributed by atoms with Crippen molar-refractivity contribution in [2.45, 2.75) is 13.8 Å². The summed E-state index contributed by atoms with van der Waals surface area (Å²) in [4.78, 5) is 0. The maximum atomic E-state index is 6.30. The molecule has 0 N–H and O–H groups in total. The molecule has 0 unspecified atom stereocenters. The van der Waals surface area contributed by atoms with Gasteiger partial charge in [-0.1, -0.05) is 55.0 Å². The molecule has 2 heteroatoms. The molecular formula is C20H20O2. The highest BCUT2D eigenvalue weighted by molar-refractivity contribution is 6.05. The van der Waals surface area contributed by atoms with Crippen molar-refractivity contribution in [3.63, 3.8) is 0 Å². The Morgan fingerprint density at radius 1 is 1.00 bits per heavy atom. The van der Waals surface area contributed by atoms with E-state index in [2.05, 4.69) is 62.4 Å². The van der Waals surface area contributed by atoms with Gasteiger partial charge in [0.2, 0.25) is 0 Å². The number of aryl methyl sites for hydroxylation is 1. The Morgan fingerprint density at radius 2 is 1.77 bits per heavy atom. The number of ether oxygens (including phenoxy) is 2. The first-order valence-corrected chi connectivity index (χ1v) is 7.77. The second kappa shape index (κ2) is 4.99. The zero-order valence-electron chi connectivity index (χ0n) is 13.1. The van der Waals surface area contributed by atoms with E-state index < -0.39 is 0 Å². The average Bonchev–Trinajstić information content (AvgIpc) is 2.49. The van der Waals surface area contributed by atoms with E-state index in [1.165, 1.54) is 27.1 Å². The molecule has 0 amide bonds. The summed E-state index contributed by atoms with van der Waals surface area (Å²) >= 11 is 0. The fraction of sp³-hybridized carbons (Fsp3) is 0.300. The van der Waals surface area contributed by atoms with Crippen LogP contribution in [0.15, 0.2) is 48.5 Å². The lowest BCUT2D eigenvalue weighted by molar-refractivity contribution is -0.120. The maximum Gasteiger partial charge on any atom is 0.134 e. The van der Waals surface area contributed by atoms with Gasteiger partial charge >= 0.3 is 0 Å². The summed E-state index contributed by atoms with van der Waals surface area (Å²) in [7, 11) is 0. The van der Waals surface area contributed by atoms with Gasteiger partial charge in [-0.2, -0.15) is 0 Å². The smallest absolute Gasteiger partial charge is 0.134 e. The van der Waals surface area contributed by atoms with Gasteiger partial charge in [-0.05, 0) is 23.8 Å². The minimum absolute atomic E-state index is 0.147. The molecule has 1 heterocycles. The van der Waals surface area contributed by atoms with Gasteiger partial charge < -0.3 is 9.47 Å². The Kier molecular flexibility index (Phi) is 3.08. The van der Waals surface area contributed by atoms with Crippen molar-refractivity contribution in [2.24, 2.45) is 5.41 Å². The number of fused-ring (bicyclic) bond motifs is 2. The molecule has 0 aliphatic carbocycles. The zero-order chi connectivity index (χ0) is 15.2. The van der Waals surface area contributed by atoms with Gasteiger partial charge in [-0.15, -0.1) is 0 Å². The lowest BCUT2D eigenvalue weighted by atomic mass is 9.90. The molecule has 1 saturated heterocycles. The monoisotopic (exact) mass is 292 g/mol. The Labute approximate surface area is 130 Å². The fourth-order valence-electron chi connectivity index (χ4n) is 3.09. The fourth-order valence-corrected chi connectivity index (χ4v) is 3.09. The van der Waals surface area contributed by atoms with Crippen molar-refractivity contribution < 1.29 is 9.47 Å². The van der Waals surface area contributed by atoms with Gasteiger partial charge in [-0.3, -0.25) is 0 Å². The summed E-state index contributed by atoms with van der Waals surface area (Å²) in [6.07, 6.45) is 0. The molecule has 1 aliphatic heterocycles. The van der Waals surface area contributed by atoms with Crippen LogP contribution in [0.25, 0.3) is 21.5 Å². The molecule has 22 heavy (non-hydrogen) atoms. The molecule has 3 aromatic rings. The van der Waals surface area contributed by atoms with Crippen molar-refractivity contribution in [1.82, 2.24) is 0 Å². The van der Waals surface area contributed by atoms with Crippen molar-refractivity contribution in [2.75, 3.05) is 19.8 Å². The molecule has 0 aromatic heterocycles. The normalized spacial score (nSPS) is 16.6. The first-order valence-electron chi connectivity index (χ1n) is 7.77. The van der Waals surface area contributed by atoms with Crippen LogP contribution in [0.4, 0.5) is 0 Å². The summed E-state index contributed by atoms with van der Waals surface area (Å²) in [6.45, 7) is 6.61. The average molecular weight is 292 g/mol. The largest absolute Gasteiger partial charge is 0.492 e. The quantitative estimate of drug-likeness (QED) is 0.650. The zero-order valence-corrected chi connectivity index (χ0v) is 13.1. The SMILES string of the molecule is Cc1ccc2c(OCC3(C)COC3)c3ccccc3cc2c1. The van der Waals surface area contributed by atoms with E-state index in [4.69, 9.17) is 9.47 Å². The molecule has 0 atom stereocenters. The summed E-state index contributed by atoms with van der Waals surface area (Å²) in [5, 5.41) is 4.84. The highest BCUT2D eigenvalue weighted by atomic mass is 16.5. The Bertz CT molecular complexity index is 847. The summed E-state index contributed by atoms with van der Waals surface area (Å²) < 4.78 is 11.6. The third-order valence-electron chi connectivity index (χ3n) is 4.43. The molecule has 4 rings (SSSR count). The molecule has 112 valence electrons. The predicted octanol–water partition coefficient (Wildman–Crippen LogP) is 4.72. The number of benzene rings is 3. The molecular weight excluding hydrogens is 272 g/mol.